The number of carbonyl (C=O) groups is 1. The number of morpholine rings is 1. The van der Waals surface area contributed by atoms with Crippen LogP contribution in [0.15, 0.2) is 30.7 Å². The Balaban J connectivity index is 1.66. The fourth-order valence-corrected chi connectivity index (χ4v) is 3.80. The van der Waals surface area contributed by atoms with Crippen LogP contribution < -0.4 is 0 Å². The van der Waals surface area contributed by atoms with Crippen LogP contribution in [0.2, 0.25) is 0 Å². The van der Waals surface area contributed by atoms with E-state index in [0.717, 1.165) is 18.7 Å². The Morgan fingerprint density at radius 1 is 1.37 bits per heavy atom. The van der Waals surface area contributed by atoms with Crippen molar-refractivity contribution in [2.75, 3.05) is 13.2 Å². The third-order valence-corrected chi connectivity index (χ3v) is 5.10. The number of nitrogens with one attached hydrogen (secondary N) is 1. The second-order valence-electron chi connectivity index (χ2n) is 6.75. The van der Waals surface area contributed by atoms with Crippen LogP contribution in [0.3, 0.4) is 0 Å². The van der Waals surface area contributed by atoms with Gasteiger partial charge in [-0.25, -0.2) is 4.98 Å². The van der Waals surface area contributed by atoms with Crippen molar-refractivity contribution in [3.05, 3.63) is 42.0 Å². The van der Waals surface area contributed by atoms with E-state index in [1.807, 2.05) is 0 Å². The molecule has 2 bridgehead atoms. The van der Waals surface area contributed by atoms with Gasteiger partial charge < -0.3 is 9.64 Å². The van der Waals surface area contributed by atoms with E-state index in [1.165, 1.54) is 16.8 Å². The lowest BCUT2D eigenvalue weighted by atomic mass is 10.1. The number of aromatic nitrogens is 4. The summed E-state index contributed by atoms with van der Waals surface area (Å²) in [6, 6.07) is 2.53. The minimum absolute atomic E-state index is 0.00410. The van der Waals surface area contributed by atoms with E-state index in [1.54, 1.807) is 11.0 Å². The van der Waals surface area contributed by atoms with E-state index in [-0.39, 0.29) is 35.0 Å². The Bertz CT molecular complexity index is 1030. The number of imidazole rings is 1. The average molecular weight is 377 g/mol. The Morgan fingerprint density at radius 2 is 2.22 bits per heavy atom. The summed E-state index contributed by atoms with van der Waals surface area (Å²) in [5, 5.41) is 6.45. The van der Waals surface area contributed by atoms with Gasteiger partial charge in [-0.1, -0.05) is 0 Å². The van der Waals surface area contributed by atoms with Crippen LogP contribution in [0.25, 0.3) is 16.9 Å². The van der Waals surface area contributed by atoms with Gasteiger partial charge in [0.25, 0.3) is 5.91 Å². The van der Waals surface area contributed by atoms with Gasteiger partial charge in [0.2, 0.25) is 0 Å². The molecule has 0 unspecified atom stereocenters. The first-order valence-electron chi connectivity index (χ1n) is 8.42. The number of amides is 1. The maximum Gasteiger partial charge on any atom is 0.417 e. The highest BCUT2D eigenvalue weighted by Crippen LogP contribution is 2.35. The summed E-state index contributed by atoms with van der Waals surface area (Å²) < 4.78 is 47.0. The number of hydrogen-bond acceptors (Lipinski definition) is 4. The summed E-state index contributed by atoms with van der Waals surface area (Å²) in [5.74, 6) is -0.340. The number of ether oxygens (including phenoxy) is 1. The molecule has 3 aromatic heterocycles. The second-order valence-corrected chi connectivity index (χ2v) is 6.75. The molecule has 0 aliphatic carbocycles. The van der Waals surface area contributed by atoms with E-state index in [4.69, 9.17) is 4.74 Å². The summed E-state index contributed by atoms with van der Waals surface area (Å²) in [7, 11) is 0. The first-order valence-corrected chi connectivity index (χ1v) is 8.42. The largest absolute Gasteiger partial charge is 0.417 e. The van der Waals surface area contributed by atoms with Crippen molar-refractivity contribution < 1.29 is 22.7 Å². The third-order valence-electron chi connectivity index (χ3n) is 5.10. The second kappa shape index (κ2) is 5.56. The molecule has 2 saturated heterocycles. The number of aromatic amines is 1. The molecule has 1 amide bonds. The van der Waals surface area contributed by atoms with Crippen molar-refractivity contribution in [2.45, 2.75) is 24.7 Å². The number of nitrogens with zero attached hydrogens (tertiary/aromatic N) is 4. The zero-order valence-electron chi connectivity index (χ0n) is 13.9. The Morgan fingerprint density at radius 3 is 2.85 bits per heavy atom. The van der Waals surface area contributed by atoms with Gasteiger partial charge in [0, 0.05) is 24.5 Å². The quantitative estimate of drug-likeness (QED) is 0.744. The molecule has 0 spiro atoms. The fourth-order valence-electron chi connectivity index (χ4n) is 3.80. The number of carbonyl (C=O) groups excluding carboxylic acids is 1. The van der Waals surface area contributed by atoms with Gasteiger partial charge in [-0.2, -0.15) is 18.3 Å². The summed E-state index contributed by atoms with van der Waals surface area (Å²) >= 11 is 0. The van der Waals surface area contributed by atoms with Crippen molar-refractivity contribution in [3.63, 3.8) is 0 Å². The van der Waals surface area contributed by atoms with Crippen LogP contribution in [0.5, 0.6) is 0 Å². The molecule has 140 valence electrons. The minimum Gasteiger partial charge on any atom is -0.374 e. The minimum atomic E-state index is -4.56. The highest BCUT2D eigenvalue weighted by molar-refractivity contribution is 5.95. The number of hydrogen-bond donors (Lipinski definition) is 1. The molecule has 2 aliphatic heterocycles. The molecule has 0 aromatic carbocycles. The average Bonchev–Trinajstić information content (AvgIpc) is 3.43. The standard InChI is InChI=1S/C17H14F3N5O2/c18-17(19,20)9-3-12(13-1-2-22-23-13)15-21-5-14(25(15)6-9)16(26)24-7-11-4-10(24)8-27-11/h1-3,5-6,10-11H,4,7-8H2,(H,22,23)/t10-,11-/m0/s1. The molecule has 2 atom stereocenters. The molecule has 3 aromatic rings. The number of pyridine rings is 1. The van der Waals surface area contributed by atoms with Crippen LogP contribution in [-0.4, -0.2) is 55.7 Å². The predicted octanol–water partition coefficient (Wildman–Crippen LogP) is 2.36. The van der Waals surface area contributed by atoms with E-state index in [9.17, 15) is 18.0 Å². The number of fused-ring (bicyclic) bond motifs is 3. The number of rotatable bonds is 2. The smallest absolute Gasteiger partial charge is 0.374 e. The van der Waals surface area contributed by atoms with Gasteiger partial charge in [0.05, 0.1) is 36.2 Å². The molecule has 0 saturated carbocycles. The van der Waals surface area contributed by atoms with Crippen molar-refractivity contribution >= 4 is 11.6 Å². The summed E-state index contributed by atoms with van der Waals surface area (Å²) in [5.41, 5.74) is 0.121. The maximum atomic E-state index is 13.4. The first-order chi connectivity index (χ1) is 12.9. The summed E-state index contributed by atoms with van der Waals surface area (Å²) in [6.07, 6.45) is -0.110. The number of halogens is 3. The highest BCUT2D eigenvalue weighted by Gasteiger charge is 2.42. The van der Waals surface area contributed by atoms with Crippen LogP contribution in [0.1, 0.15) is 22.5 Å². The SMILES string of the molecule is O=C(c1cnc2c(-c3ccn[nH]3)cc(C(F)(F)F)cn12)N1C[C@@H]2C[C@H]1CO2. The highest BCUT2D eigenvalue weighted by atomic mass is 19.4. The monoisotopic (exact) mass is 377 g/mol. The van der Waals surface area contributed by atoms with E-state index < -0.39 is 11.7 Å². The molecule has 2 fully saturated rings. The Kier molecular flexibility index (Phi) is 3.36. The van der Waals surface area contributed by atoms with Gasteiger partial charge in [-0.3, -0.25) is 14.3 Å². The van der Waals surface area contributed by atoms with Crippen LogP contribution in [0, 0.1) is 0 Å². The van der Waals surface area contributed by atoms with Gasteiger partial charge >= 0.3 is 6.18 Å². The van der Waals surface area contributed by atoms with Gasteiger partial charge in [0.1, 0.15) is 11.3 Å². The topological polar surface area (TPSA) is 75.5 Å². The number of H-pyrrole nitrogens is 1. The van der Waals surface area contributed by atoms with E-state index >= 15 is 0 Å². The lowest BCUT2D eigenvalue weighted by Gasteiger charge is -2.26. The molecule has 5 rings (SSSR count). The normalized spacial score (nSPS) is 22.1. The molecule has 0 radical (unpaired) electrons. The van der Waals surface area contributed by atoms with E-state index in [2.05, 4.69) is 15.2 Å². The van der Waals surface area contributed by atoms with Gasteiger partial charge in [-0.15, -0.1) is 0 Å². The molecule has 10 heteroatoms. The molecular formula is C17H14F3N5O2. The van der Waals surface area contributed by atoms with Gasteiger partial charge in [0.15, 0.2) is 0 Å². The molecule has 7 nitrogen and oxygen atoms in total. The van der Waals surface area contributed by atoms with Gasteiger partial charge in [-0.05, 0) is 18.6 Å². The lowest BCUT2D eigenvalue weighted by Crippen LogP contribution is -2.41. The first kappa shape index (κ1) is 16.3. The van der Waals surface area contributed by atoms with Crippen LogP contribution in [-0.2, 0) is 10.9 Å². The summed E-state index contributed by atoms with van der Waals surface area (Å²) in [6.45, 7) is 0.906. The maximum absolute atomic E-state index is 13.4. The van der Waals surface area contributed by atoms with Crippen molar-refractivity contribution in [3.8, 4) is 11.3 Å². The molecule has 5 heterocycles. The molecular weight excluding hydrogens is 363 g/mol. The fraction of sp³-hybridized carbons (Fsp3) is 0.353. The van der Waals surface area contributed by atoms with Crippen LogP contribution >= 0.6 is 0 Å². The lowest BCUT2D eigenvalue weighted by molar-refractivity contribution is -0.137. The van der Waals surface area contributed by atoms with Crippen LogP contribution in [0.4, 0.5) is 13.2 Å². The Labute approximate surface area is 150 Å². The Hall–Kier alpha value is -2.88. The molecule has 1 N–H and O–H groups in total. The summed E-state index contributed by atoms with van der Waals surface area (Å²) in [4.78, 5) is 18.9. The zero-order chi connectivity index (χ0) is 18.8. The molecule has 2 aliphatic rings. The predicted molar refractivity (Wildman–Crippen MR) is 87.0 cm³/mol. The third kappa shape index (κ3) is 2.51. The zero-order valence-corrected chi connectivity index (χ0v) is 13.9. The number of likely N-dealkylation sites (tertiary alicyclic amines) is 1. The van der Waals surface area contributed by atoms with E-state index in [0.29, 0.717) is 18.8 Å². The van der Waals surface area contributed by atoms with Crippen molar-refractivity contribution in [1.29, 1.82) is 0 Å². The van der Waals surface area contributed by atoms with Crippen molar-refractivity contribution in [2.24, 2.45) is 0 Å². The number of alkyl halides is 3. The van der Waals surface area contributed by atoms with Crippen molar-refractivity contribution in [1.82, 2.24) is 24.5 Å². The molecule has 27 heavy (non-hydrogen) atoms.